The van der Waals surface area contributed by atoms with Crippen molar-refractivity contribution >= 4 is 5.78 Å². The van der Waals surface area contributed by atoms with E-state index in [1.54, 1.807) is 0 Å². The number of Topliss-reactive ketones (excluding diaryl/α,β-unsaturated/α-hetero) is 1. The molecule has 22 heavy (non-hydrogen) atoms. The minimum Gasteiger partial charge on any atom is -0.393 e. The zero-order valence-corrected chi connectivity index (χ0v) is 13.9. The van der Waals surface area contributed by atoms with E-state index in [4.69, 9.17) is 0 Å². The summed E-state index contributed by atoms with van der Waals surface area (Å²) in [6.45, 7) is 4.61. The molecule has 0 aromatic carbocycles. The van der Waals surface area contributed by atoms with Gasteiger partial charge in [-0.05, 0) is 73.5 Å². The second kappa shape index (κ2) is 4.80. The maximum Gasteiger partial charge on any atom is 0.136 e. The van der Waals surface area contributed by atoms with E-state index in [-0.39, 0.29) is 29.0 Å². The molecule has 0 spiro atoms. The van der Waals surface area contributed by atoms with E-state index in [1.165, 1.54) is 0 Å². The highest BCUT2D eigenvalue weighted by Gasteiger charge is 2.62. The zero-order chi connectivity index (χ0) is 15.7. The van der Waals surface area contributed by atoms with Crippen molar-refractivity contribution < 1.29 is 15.0 Å². The largest absolute Gasteiger partial charge is 0.393 e. The molecule has 4 saturated carbocycles. The van der Waals surface area contributed by atoms with Crippen LogP contribution in [0, 0.1) is 34.5 Å². The molecule has 0 aliphatic heterocycles. The molecule has 0 amide bonds. The average molecular weight is 306 g/mol. The Morgan fingerprint density at radius 3 is 2.41 bits per heavy atom. The third-order valence-electron chi connectivity index (χ3n) is 8.39. The molecule has 0 unspecified atom stereocenters. The highest BCUT2D eigenvalue weighted by atomic mass is 16.3. The third-order valence-corrected chi connectivity index (χ3v) is 8.39. The van der Waals surface area contributed by atoms with E-state index in [1.807, 2.05) is 0 Å². The standard InChI is InChI=1S/C19H30O3/c1-18-7-5-12(20)9-11(18)10-15(21)17-13-3-4-16(22)19(13,2)8-6-14(17)18/h11-14,16-17,20,22H,3-10H2,1-2H3/t11-,12-,13+,14+,16-,17+,18+,19+/m1/s1. The second-order valence-corrected chi connectivity index (χ2v) is 9.18. The molecule has 0 aromatic heterocycles. The van der Waals surface area contributed by atoms with Crippen LogP contribution in [-0.4, -0.2) is 28.2 Å². The van der Waals surface area contributed by atoms with Gasteiger partial charge in [0.2, 0.25) is 0 Å². The maximum atomic E-state index is 13.0. The molecule has 3 heteroatoms. The fourth-order valence-corrected chi connectivity index (χ4v) is 6.88. The van der Waals surface area contributed by atoms with Crippen LogP contribution in [0.4, 0.5) is 0 Å². The van der Waals surface area contributed by atoms with Crippen molar-refractivity contribution in [3.8, 4) is 0 Å². The quantitative estimate of drug-likeness (QED) is 0.723. The molecule has 0 aromatic rings. The van der Waals surface area contributed by atoms with E-state index in [0.29, 0.717) is 30.0 Å². The van der Waals surface area contributed by atoms with Crippen LogP contribution in [0.5, 0.6) is 0 Å². The molecule has 0 radical (unpaired) electrons. The maximum absolute atomic E-state index is 13.0. The van der Waals surface area contributed by atoms with E-state index < -0.39 is 0 Å². The lowest BCUT2D eigenvalue weighted by Gasteiger charge is -2.59. The molecule has 0 bridgehead atoms. The van der Waals surface area contributed by atoms with Crippen LogP contribution in [0.25, 0.3) is 0 Å². The van der Waals surface area contributed by atoms with Crippen molar-refractivity contribution in [2.24, 2.45) is 34.5 Å². The highest BCUT2D eigenvalue weighted by Crippen LogP contribution is 2.65. The molecular weight excluding hydrogens is 276 g/mol. The fourth-order valence-electron chi connectivity index (χ4n) is 6.88. The Morgan fingerprint density at radius 2 is 1.64 bits per heavy atom. The van der Waals surface area contributed by atoms with Gasteiger partial charge >= 0.3 is 0 Å². The van der Waals surface area contributed by atoms with Gasteiger partial charge in [0.25, 0.3) is 0 Å². The van der Waals surface area contributed by atoms with Crippen molar-refractivity contribution in [3.05, 3.63) is 0 Å². The van der Waals surface area contributed by atoms with Crippen LogP contribution in [0.15, 0.2) is 0 Å². The first-order chi connectivity index (χ1) is 10.4. The number of ketones is 1. The van der Waals surface area contributed by atoms with Crippen LogP contribution in [-0.2, 0) is 4.79 Å². The van der Waals surface area contributed by atoms with Crippen molar-refractivity contribution in [2.45, 2.75) is 77.4 Å². The van der Waals surface area contributed by atoms with Gasteiger partial charge in [-0.15, -0.1) is 0 Å². The molecule has 3 nitrogen and oxygen atoms in total. The third kappa shape index (κ3) is 1.84. The summed E-state index contributed by atoms with van der Waals surface area (Å²) in [6.07, 6.45) is 7.07. The minimum absolute atomic E-state index is 0.0335. The Balaban J connectivity index is 1.69. The van der Waals surface area contributed by atoms with Gasteiger partial charge in [0, 0.05) is 12.3 Å². The summed E-state index contributed by atoms with van der Waals surface area (Å²) >= 11 is 0. The number of rotatable bonds is 0. The van der Waals surface area contributed by atoms with Crippen molar-refractivity contribution in [1.82, 2.24) is 0 Å². The first kappa shape index (κ1) is 15.1. The Morgan fingerprint density at radius 1 is 0.955 bits per heavy atom. The molecule has 8 atom stereocenters. The number of hydrogen-bond donors (Lipinski definition) is 2. The van der Waals surface area contributed by atoms with E-state index in [2.05, 4.69) is 13.8 Å². The van der Waals surface area contributed by atoms with Gasteiger partial charge in [-0.2, -0.15) is 0 Å². The SMILES string of the molecule is C[C@]12CC[C@@H](O)C[C@@H]1CC(=O)[C@@H]1[C@@H]2CC[C@]2(C)[C@H](O)CC[C@@H]12. The van der Waals surface area contributed by atoms with E-state index in [9.17, 15) is 15.0 Å². The predicted molar refractivity (Wildman–Crippen MR) is 84.1 cm³/mol. The molecular formula is C19H30O3. The molecule has 4 aliphatic rings. The summed E-state index contributed by atoms with van der Waals surface area (Å²) in [7, 11) is 0. The van der Waals surface area contributed by atoms with Crippen molar-refractivity contribution in [3.63, 3.8) is 0 Å². The van der Waals surface area contributed by atoms with Crippen LogP contribution in [0.2, 0.25) is 0 Å². The van der Waals surface area contributed by atoms with Gasteiger partial charge in [0.05, 0.1) is 12.2 Å². The first-order valence-electron chi connectivity index (χ1n) is 9.25. The predicted octanol–water partition coefficient (Wildman–Crippen LogP) is 2.93. The molecule has 4 aliphatic carbocycles. The lowest BCUT2D eigenvalue weighted by molar-refractivity contribution is -0.162. The summed E-state index contributed by atoms with van der Waals surface area (Å²) in [5.41, 5.74) is 0.195. The minimum atomic E-state index is -0.218. The first-order valence-corrected chi connectivity index (χ1v) is 9.25. The van der Waals surface area contributed by atoms with Crippen LogP contribution in [0.3, 0.4) is 0 Å². The van der Waals surface area contributed by atoms with Crippen molar-refractivity contribution in [1.29, 1.82) is 0 Å². The highest BCUT2D eigenvalue weighted by molar-refractivity contribution is 5.83. The summed E-state index contributed by atoms with van der Waals surface area (Å²) in [5.74, 6) is 1.85. The zero-order valence-electron chi connectivity index (χ0n) is 13.9. The van der Waals surface area contributed by atoms with Gasteiger partial charge in [0.15, 0.2) is 0 Å². The number of carbonyl (C=O) groups is 1. The fraction of sp³-hybridized carbons (Fsp3) is 0.947. The summed E-state index contributed by atoms with van der Waals surface area (Å²) < 4.78 is 0. The number of hydrogen-bond acceptors (Lipinski definition) is 3. The molecule has 124 valence electrons. The lowest BCUT2D eigenvalue weighted by atomic mass is 9.45. The monoisotopic (exact) mass is 306 g/mol. The molecule has 0 saturated heterocycles. The Labute approximate surface area is 133 Å². The molecule has 4 fully saturated rings. The summed E-state index contributed by atoms with van der Waals surface area (Å²) in [4.78, 5) is 13.0. The number of fused-ring (bicyclic) bond motifs is 5. The lowest BCUT2D eigenvalue weighted by Crippen LogP contribution is -2.57. The van der Waals surface area contributed by atoms with Crippen molar-refractivity contribution in [2.75, 3.05) is 0 Å². The van der Waals surface area contributed by atoms with Crippen LogP contribution in [0.1, 0.15) is 65.2 Å². The van der Waals surface area contributed by atoms with E-state index >= 15 is 0 Å². The van der Waals surface area contributed by atoms with Crippen LogP contribution >= 0.6 is 0 Å². The van der Waals surface area contributed by atoms with Gasteiger partial charge in [-0.25, -0.2) is 0 Å². The molecule has 0 heterocycles. The second-order valence-electron chi connectivity index (χ2n) is 9.18. The Hall–Kier alpha value is -0.410. The number of aliphatic hydroxyl groups excluding tert-OH is 2. The Bertz CT molecular complexity index is 489. The number of carbonyl (C=O) groups excluding carboxylic acids is 1. The molecule has 2 N–H and O–H groups in total. The van der Waals surface area contributed by atoms with E-state index in [0.717, 1.165) is 44.9 Å². The van der Waals surface area contributed by atoms with Gasteiger partial charge in [-0.3, -0.25) is 4.79 Å². The summed E-state index contributed by atoms with van der Waals surface area (Å²) in [6, 6.07) is 0. The molecule has 4 rings (SSSR count). The summed E-state index contributed by atoms with van der Waals surface area (Å²) in [5, 5.41) is 20.5. The van der Waals surface area contributed by atoms with Gasteiger partial charge in [0.1, 0.15) is 5.78 Å². The smallest absolute Gasteiger partial charge is 0.136 e. The van der Waals surface area contributed by atoms with Crippen LogP contribution < -0.4 is 0 Å². The Kier molecular flexibility index (Phi) is 3.30. The topological polar surface area (TPSA) is 57.5 Å². The van der Waals surface area contributed by atoms with Gasteiger partial charge < -0.3 is 10.2 Å². The number of aliphatic hydroxyl groups is 2. The normalized spacial score (nSPS) is 57.9. The average Bonchev–Trinajstić information content (AvgIpc) is 2.77. The van der Waals surface area contributed by atoms with Gasteiger partial charge in [-0.1, -0.05) is 13.8 Å².